The van der Waals surface area contributed by atoms with Gasteiger partial charge in [0.15, 0.2) is 0 Å². The minimum atomic E-state index is 0.782. The van der Waals surface area contributed by atoms with Crippen LogP contribution in [0.15, 0.2) is 18.3 Å². The molecule has 0 fully saturated rings. The Morgan fingerprint density at radius 3 is 2.86 bits per heavy atom. The predicted octanol–water partition coefficient (Wildman–Crippen LogP) is 1.22. The molecule has 14 heavy (non-hydrogen) atoms. The van der Waals surface area contributed by atoms with Crippen LogP contribution in [-0.2, 0) is 6.54 Å². The number of pyridine rings is 1. The second kappa shape index (κ2) is 6.51. The van der Waals surface area contributed by atoms with E-state index in [4.69, 9.17) is 5.73 Å². The average molecular weight is 193 g/mol. The molecule has 0 unspecified atom stereocenters. The summed E-state index contributed by atoms with van der Waals surface area (Å²) in [6.07, 6.45) is 4.13. The maximum absolute atomic E-state index is 5.40. The summed E-state index contributed by atoms with van der Waals surface area (Å²) in [5.74, 6) is 0. The van der Waals surface area contributed by atoms with Gasteiger partial charge in [0, 0.05) is 12.7 Å². The van der Waals surface area contributed by atoms with Gasteiger partial charge >= 0.3 is 0 Å². The van der Waals surface area contributed by atoms with Gasteiger partial charge in [-0.05, 0) is 44.5 Å². The highest BCUT2D eigenvalue weighted by Crippen LogP contribution is 1.97. The fourth-order valence-corrected chi connectivity index (χ4v) is 1.21. The van der Waals surface area contributed by atoms with Gasteiger partial charge in [0.25, 0.3) is 0 Å². The lowest BCUT2D eigenvalue weighted by Crippen LogP contribution is -2.16. The van der Waals surface area contributed by atoms with Crippen molar-refractivity contribution in [1.29, 1.82) is 0 Å². The maximum Gasteiger partial charge on any atom is 0.0541 e. The third-order valence-corrected chi connectivity index (χ3v) is 2.09. The van der Waals surface area contributed by atoms with E-state index in [2.05, 4.69) is 22.4 Å². The van der Waals surface area contributed by atoms with Gasteiger partial charge in [-0.3, -0.25) is 4.98 Å². The number of nitrogens with two attached hydrogens (primary N) is 1. The normalized spacial score (nSPS) is 10.4. The Bertz CT molecular complexity index is 243. The van der Waals surface area contributed by atoms with Gasteiger partial charge in [-0.25, -0.2) is 0 Å². The van der Waals surface area contributed by atoms with E-state index < -0.39 is 0 Å². The van der Waals surface area contributed by atoms with Crippen LogP contribution in [0, 0.1) is 6.92 Å². The zero-order valence-corrected chi connectivity index (χ0v) is 8.79. The summed E-state index contributed by atoms with van der Waals surface area (Å²) in [5, 5.41) is 3.34. The van der Waals surface area contributed by atoms with Crippen molar-refractivity contribution in [1.82, 2.24) is 10.3 Å². The van der Waals surface area contributed by atoms with Crippen LogP contribution in [0.1, 0.15) is 24.1 Å². The first-order chi connectivity index (χ1) is 6.83. The van der Waals surface area contributed by atoms with Crippen molar-refractivity contribution in [3.05, 3.63) is 29.6 Å². The molecule has 0 bridgehead atoms. The highest BCUT2D eigenvalue weighted by atomic mass is 14.9. The third kappa shape index (κ3) is 4.35. The first-order valence-corrected chi connectivity index (χ1v) is 5.15. The maximum atomic E-state index is 5.40. The molecule has 0 saturated heterocycles. The Hall–Kier alpha value is -0.930. The number of unbranched alkanes of at least 4 members (excludes halogenated alkanes) is 1. The number of nitrogens with zero attached hydrogens (tertiary/aromatic N) is 1. The molecule has 1 aromatic rings. The summed E-state index contributed by atoms with van der Waals surface area (Å²) in [7, 11) is 0. The molecule has 0 aliphatic heterocycles. The van der Waals surface area contributed by atoms with Crippen molar-refractivity contribution in [2.75, 3.05) is 13.1 Å². The zero-order valence-electron chi connectivity index (χ0n) is 8.79. The minimum Gasteiger partial charge on any atom is -0.330 e. The largest absolute Gasteiger partial charge is 0.330 e. The van der Waals surface area contributed by atoms with Gasteiger partial charge in [-0.1, -0.05) is 6.07 Å². The highest BCUT2D eigenvalue weighted by molar-refractivity contribution is 5.11. The highest BCUT2D eigenvalue weighted by Gasteiger charge is 1.93. The fourth-order valence-electron chi connectivity index (χ4n) is 1.21. The van der Waals surface area contributed by atoms with Gasteiger partial charge in [0.1, 0.15) is 0 Å². The smallest absolute Gasteiger partial charge is 0.0541 e. The van der Waals surface area contributed by atoms with Crippen LogP contribution < -0.4 is 11.1 Å². The van der Waals surface area contributed by atoms with Crippen molar-refractivity contribution in [3.63, 3.8) is 0 Å². The molecule has 0 spiro atoms. The molecular formula is C11H19N3. The molecule has 1 heterocycles. The summed E-state index contributed by atoms with van der Waals surface area (Å²) in [4.78, 5) is 4.31. The molecule has 78 valence electrons. The Balaban J connectivity index is 2.15. The monoisotopic (exact) mass is 193 g/mol. The van der Waals surface area contributed by atoms with Crippen LogP contribution in [0.5, 0.6) is 0 Å². The summed E-state index contributed by atoms with van der Waals surface area (Å²) < 4.78 is 0. The Labute approximate surface area is 85.7 Å². The first kappa shape index (κ1) is 11.1. The molecule has 0 aliphatic rings. The standard InChI is InChI=1S/C11H19N3/c1-10-4-5-11(14-8-10)9-13-7-3-2-6-12/h4-5,8,13H,2-3,6-7,9,12H2,1H3. The second-order valence-electron chi connectivity index (χ2n) is 3.50. The summed E-state index contributed by atoms with van der Waals surface area (Å²) >= 11 is 0. The molecule has 3 N–H and O–H groups in total. The van der Waals surface area contributed by atoms with Crippen LogP contribution in [0.25, 0.3) is 0 Å². The Kier molecular flexibility index (Phi) is 5.19. The minimum absolute atomic E-state index is 0.782. The van der Waals surface area contributed by atoms with Gasteiger partial charge in [0.05, 0.1) is 5.69 Å². The van der Waals surface area contributed by atoms with E-state index in [0.717, 1.165) is 38.2 Å². The van der Waals surface area contributed by atoms with E-state index in [1.54, 1.807) is 0 Å². The lowest BCUT2D eigenvalue weighted by atomic mass is 10.2. The molecule has 0 amide bonds. The van der Waals surface area contributed by atoms with Crippen LogP contribution in [0.2, 0.25) is 0 Å². The van der Waals surface area contributed by atoms with E-state index >= 15 is 0 Å². The second-order valence-corrected chi connectivity index (χ2v) is 3.50. The van der Waals surface area contributed by atoms with Crippen molar-refractivity contribution < 1.29 is 0 Å². The number of hydrogen-bond donors (Lipinski definition) is 2. The molecule has 3 nitrogen and oxygen atoms in total. The lowest BCUT2D eigenvalue weighted by molar-refractivity contribution is 0.620. The molecule has 0 aromatic carbocycles. The van der Waals surface area contributed by atoms with Gasteiger partial charge < -0.3 is 11.1 Å². The summed E-state index contributed by atoms with van der Waals surface area (Å²) in [6.45, 7) is 4.70. The third-order valence-electron chi connectivity index (χ3n) is 2.09. The number of aryl methyl sites for hydroxylation is 1. The topological polar surface area (TPSA) is 50.9 Å². The SMILES string of the molecule is Cc1ccc(CNCCCCN)nc1. The van der Waals surface area contributed by atoms with E-state index in [0.29, 0.717) is 0 Å². The fraction of sp³-hybridized carbons (Fsp3) is 0.545. The van der Waals surface area contributed by atoms with Gasteiger partial charge in [-0.15, -0.1) is 0 Å². The molecule has 1 rings (SSSR count). The van der Waals surface area contributed by atoms with Crippen molar-refractivity contribution in [3.8, 4) is 0 Å². The van der Waals surface area contributed by atoms with E-state index in [-0.39, 0.29) is 0 Å². The molecule has 0 atom stereocenters. The average Bonchev–Trinajstić information content (AvgIpc) is 2.21. The molecule has 0 radical (unpaired) electrons. The molecular weight excluding hydrogens is 174 g/mol. The van der Waals surface area contributed by atoms with Gasteiger partial charge in [-0.2, -0.15) is 0 Å². The molecule has 0 aliphatic carbocycles. The van der Waals surface area contributed by atoms with Crippen LogP contribution >= 0.6 is 0 Å². The van der Waals surface area contributed by atoms with E-state index in [9.17, 15) is 0 Å². The van der Waals surface area contributed by atoms with Crippen LogP contribution in [0.4, 0.5) is 0 Å². The summed E-state index contributed by atoms with van der Waals surface area (Å²) in [6, 6.07) is 4.15. The van der Waals surface area contributed by atoms with Gasteiger partial charge in [0.2, 0.25) is 0 Å². The Morgan fingerprint density at radius 2 is 2.21 bits per heavy atom. The number of hydrogen-bond acceptors (Lipinski definition) is 3. The first-order valence-electron chi connectivity index (χ1n) is 5.15. The lowest BCUT2D eigenvalue weighted by Gasteiger charge is -2.03. The van der Waals surface area contributed by atoms with Crippen LogP contribution in [0.3, 0.4) is 0 Å². The van der Waals surface area contributed by atoms with Crippen molar-refractivity contribution in [2.24, 2.45) is 5.73 Å². The van der Waals surface area contributed by atoms with Crippen molar-refractivity contribution in [2.45, 2.75) is 26.3 Å². The molecule has 1 aromatic heterocycles. The number of nitrogens with one attached hydrogen (secondary N) is 1. The van der Waals surface area contributed by atoms with E-state index in [1.807, 2.05) is 13.1 Å². The van der Waals surface area contributed by atoms with Crippen LogP contribution in [-0.4, -0.2) is 18.1 Å². The quantitative estimate of drug-likeness (QED) is 0.668. The Morgan fingerprint density at radius 1 is 1.36 bits per heavy atom. The zero-order chi connectivity index (χ0) is 10.2. The van der Waals surface area contributed by atoms with E-state index in [1.165, 1.54) is 5.56 Å². The van der Waals surface area contributed by atoms with Crippen molar-refractivity contribution >= 4 is 0 Å². The molecule has 0 saturated carbocycles. The summed E-state index contributed by atoms with van der Waals surface area (Å²) in [5.41, 5.74) is 7.70. The number of aromatic nitrogens is 1. The predicted molar refractivity (Wildman–Crippen MR) is 59.0 cm³/mol. The number of rotatable bonds is 6. The molecule has 3 heteroatoms.